The molecule has 0 saturated carbocycles. The van der Waals surface area contributed by atoms with Gasteiger partial charge < -0.3 is 21.1 Å². The zero-order chi connectivity index (χ0) is 12.7. The van der Waals surface area contributed by atoms with Gasteiger partial charge in [0.25, 0.3) is 0 Å². The summed E-state index contributed by atoms with van der Waals surface area (Å²) in [6, 6.07) is 4.73. The van der Waals surface area contributed by atoms with E-state index in [4.69, 9.17) is 5.73 Å². The van der Waals surface area contributed by atoms with Crippen LogP contribution in [0.1, 0.15) is 5.01 Å². The molecule has 3 rings (SSSR count). The molecule has 0 bridgehead atoms. The predicted molar refractivity (Wildman–Crippen MR) is 75.4 cm³/mol. The van der Waals surface area contributed by atoms with Gasteiger partial charge in [-0.05, 0) is 18.2 Å². The Balaban J connectivity index is 0.000001000. The van der Waals surface area contributed by atoms with Crippen LogP contribution in [-0.4, -0.2) is 33.3 Å². The summed E-state index contributed by atoms with van der Waals surface area (Å²) < 4.78 is 0.977. The summed E-state index contributed by atoms with van der Waals surface area (Å²) in [5, 5.41) is 12.1. The third kappa shape index (κ3) is 3.60. The van der Waals surface area contributed by atoms with E-state index in [0.717, 1.165) is 15.2 Å². The Kier molecular flexibility index (Phi) is 6.60. The molecule has 100 valence electrons. The Morgan fingerprint density at radius 1 is 1.45 bits per heavy atom. The van der Waals surface area contributed by atoms with Crippen LogP contribution in [0.25, 0.3) is 10.2 Å². The van der Waals surface area contributed by atoms with E-state index in [0.29, 0.717) is 16.5 Å². The zero-order valence-electron chi connectivity index (χ0n) is 10.6. The second-order valence-corrected chi connectivity index (χ2v) is 5.87. The molecule has 20 heavy (non-hydrogen) atoms. The van der Waals surface area contributed by atoms with Crippen LogP contribution in [0.4, 0.5) is 5.69 Å². The molecule has 9 heteroatoms. The number of fused-ring (bicyclic) bond motifs is 1. The number of nitrogens with zero attached hydrogens (tertiary/aromatic N) is 2. The number of hydrogen-bond donors (Lipinski definition) is 1. The summed E-state index contributed by atoms with van der Waals surface area (Å²) in [5.74, 6) is -0.724. The number of carbonyl (C=O) groups excluding carboxylic acids is 1. The second-order valence-electron chi connectivity index (χ2n) is 3.83. The van der Waals surface area contributed by atoms with Crippen LogP contribution in [0.15, 0.2) is 23.2 Å². The molecule has 0 aliphatic carbocycles. The van der Waals surface area contributed by atoms with Crippen LogP contribution in [0.2, 0.25) is 0 Å². The Labute approximate surface area is 165 Å². The normalized spacial score (nSPS) is 17.2. The van der Waals surface area contributed by atoms with Crippen molar-refractivity contribution in [2.45, 2.75) is 6.04 Å². The van der Waals surface area contributed by atoms with Crippen molar-refractivity contribution in [3.63, 3.8) is 0 Å². The SMILES string of the molecule is Nc1ccc2nc(C3=N[C@H](C(=O)[O-])CS3)sc2c1.O.[K+]. The van der Waals surface area contributed by atoms with E-state index >= 15 is 0 Å². The number of carboxylic acids is 1. The van der Waals surface area contributed by atoms with Gasteiger partial charge in [-0.1, -0.05) is 0 Å². The van der Waals surface area contributed by atoms with E-state index < -0.39 is 12.0 Å². The molecule has 4 N–H and O–H groups in total. The van der Waals surface area contributed by atoms with Crippen molar-refractivity contribution < 1.29 is 66.8 Å². The molecule has 1 atom stereocenters. The molecule has 0 saturated heterocycles. The average Bonchev–Trinajstić information content (AvgIpc) is 2.93. The number of aliphatic carboxylic acids is 1. The fourth-order valence-electron chi connectivity index (χ4n) is 1.64. The minimum Gasteiger partial charge on any atom is -0.548 e. The molecule has 2 heterocycles. The van der Waals surface area contributed by atoms with Gasteiger partial charge in [-0.3, -0.25) is 4.99 Å². The number of hydrogen-bond acceptors (Lipinski definition) is 7. The van der Waals surface area contributed by atoms with Gasteiger partial charge in [0.05, 0.1) is 16.2 Å². The van der Waals surface area contributed by atoms with Gasteiger partial charge in [-0.15, -0.1) is 23.1 Å². The fourth-order valence-corrected chi connectivity index (χ4v) is 3.75. The van der Waals surface area contributed by atoms with Crippen LogP contribution in [0.3, 0.4) is 0 Å². The van der Waals surface area contributed by atoms with Crippen molar-refractivity contribution in [1.29, 1.82) is 0 Å². The Morgan fingerprint density at radius 2 is 2.20 bits per heavy atom. The van der Waals surface area contributed by atoms with E-state index in [-0.39, 0.29) is 56.9 Å². The van der Waals surface area contributed by atoms with E-state index in [2.05, 4.69) is 9.98 Å². The van der Waals surface area contributed by atoms with Crippen molar-refractivity contribution in [2.24, 2.45) is 4.99 Å². The largest absolute Gasteiger partial charge is 1.00 e. The number of benzene rings is 1. The van der Waals surface area contributed by atoms with Crippen molar-refractivity contribution in [3.05, 3.63) is 23.2 Å². The first-order valence-electron chi connectivity index (χ1n) is 5.21. The molecule has 0 radical (unpaired) electrons. The summed E-state index contributed by atoms with van der Waals surface area (Å²) in [6.45, 7) is 0. The predicted octanol–water partition coefficient (Wildman–Crippen LogP) is -3.33. The van der Waals surface area contributed by atoms with Crippen LogP contribution in [0.5, 0.6) is 0 Å². The maximum atomic E-state index is 10.7. The first kappa shape index (κ1) is 18.0. The molecule has 0 spiro atoms. The molecule has 1 aliphatic heterocycles. The Hall–Kier alpha value is -0.00364. The summed E-state index contributed by atoms with van der Waals surface area (Å²) in [5.41, 5.74) is 7.24. The topological polar surface area (TPSA) is 123 Å². The summed E-state index contributed by atoms with van der Waals surface area (Å²) in [6.07, 6.45) is 0. The second kappa shape index (κ2) is 7.32. The molecular weight excluding hydrogens is 325 g/mol. The maximum absolute atomic E-state index is 10.7. The van der Waals surface area contributed by atoms with Gasteiger partial charge in [0, 0.05) is 11.4 Å². The molecule has 2 aromatic rings. The molecule has 6 nitrogen and oxygen atoms in total. The van der Waals surface area contributed by atoms with Crippen LogP contribution < -0.4 is 62.2 Å². The minimum atomic E-state index is -1.14. The smallest absolute Gasteiger partial charge is 0.548 e. The Morgan fingerprint density at radius 3 is 2.85 bits per heavy atom. The minimum absolute atomic E-state index is 0. The molecule has 1 aromatic heterocycles. The van der Waals surface area contributed by atoms with Gasteiger partial charge in [-0.2, -0.15) is 0 Å². The number of aromatic nitrogens is 1. The zero-order valence-corrected chi connectivity index (χ0v) is 15.4. The van der Waals surface area contributed by atoms with Gasteiger partial charge in [-0.25, -0.2) is 4.98 Å². The fraction of sp³-hybridized carbons (Fsp3) is 0.182. The number of nitrogens with two attached hydrogens (primary N) is 1. The van der Waals surface area contributed by atoms with Crippen LogP contribution >= 0.6 is 23.1 Å². The summed E-state index contributed by atoms with van der Waals surface area (Å²) in [4.78, 5) is 19.3. The first-order valence-corrected chi connectivity index (χ1v) is 7.01. The molecule has 1 aromatic carbocycles. The van der Waals surface area contributed by atoms with Gasteiger partial charge >= 0.3 is 51.4 Å². The number of aliphatic imine (C=N–C) groups is 1. The Bertz CT molecular complexity index is 674. The quantitative estimate of drug-likeness (QED) is 0.454. The van der Waals surface area contributed by atoms with Gasteiger partial charge in [0.1, 0.15) is 16.1 Å². The number of thioether (sulfide) groups is 1. The molecule has 0 unspecified atom stereocenters. The number of thiazole rings is 1. The van der Waals surface area contributed by atoms with Gasteiger partial charge in [0.2, 0.25) is 0 Å². The van der Waals surface area contributed by atoms with Crippen molar-refractivity contribution in [1.82, 2.24) is 4.98 Å². The van der Waals surface area contributed by atoms with Crippen LogP contribution in [0, 0.1) is 0 Å². The molecular formula is C11H10KN3O3S2. The van der Waals surface area contributed by atoms with E-state index in [1.54, 1.807) is 6.07 Å². The van der Waals surface area contributed by atoms with Crippen LogP contribution in [-0.2, 0) is 4.79 Å². The summed E-state index contributed by atoms with van der Waals surface area (Å²) in [7, 11) is 0. The van der Waals surface area contributed by atoms with E-state index in [1.165, 1.54) is 23.1 Å². The van der Waals surface area contributed by atoms with Gasteiger partial charge in [0.15, 0.2) is 0 Å². The van der Waals surface area contributed by atoms with Crippen molar-refractivity contribution >= 4 is 50.0 Å². The average molecular weight is 335 g/mol. The van der Waals surface area contributed by atoms with E-state index in [9.17, 15) is 9.90 Å². The third-order valence-electron chi connectivity index (χ3n) is 2.52. The number of carbonyl (C=O) groups is 1. The standard InChI is InChI=1S/C11H9N3O2S2.K.H2O/c12-5-1-2-6-8(3-5)18-10(13-6)9-14-7(4-17-9)11(15)16;;/h1-3,7H,4,12H2,(H,15,16);;1H2/q;+1;/p-1/t7-;;/m0../s1. The van der Waals surface area contributed by atoms with E-state index in [1.807, 2.05) is 12.1 Å². The van der Waals surface area contributed by atoms with Crippen molar-refractivity contribution in [2.75, 3.05) is 11.5 Å². The number of rotatable bonds is 2. The molecule has 1 aliphatic rings. The number of nitrogen functional groups attached to an aromatic ring is 1. The maximum Gasteiger partial charge on any atom is 1.00 e. The number of carboxylic acid groups (broad SMARTS) is 1. The first-order chi connectivity index (χ1) is 8.63. The summed E-state index contributed by atoms with van der Waals surface area (Å²) >= 11 is 2.86. The monoisotopic (exact) mass is 335 g/mol. The molecule has 0 fully saturated rings. The molecule has 0 amide bonds. The third-order valence-corrected chi connectivity index (χ3v) is 4.73. The number of anilines is 1. The van der Waals surface area contributed by atoms with Crippen molar-refractivity contribution in [3.8, 4) is 0 Å².